The molecule has 1 amide bonds. The summed E-state index contributed by atoms with van der Waals surface area (Å²) in [4.78, 5) is 22.6. The maximum atomic E-state index is 12.2. The molecule has 1 aromatic rings. The average molecular weight is 292 g/mol. The highest BCUT2D eigenvalue weighted by atomic mass is 16.6. The van der Waals surface area contributed by atoms with Crippen LogP contribution in [0, 0.1) is 23.0 Å². The number of nitrogens with one attached hydrogen (secondary N) is 1. The molecule has 1 aliphatic carbocycles. The Hall–Kier alpha value is -1.95. The minimum absolute atomic E-state index is 0.0355. The lowest BCUT2D eigenvalue weighted by molar-refractivity contribution is -0.385. The number of carbonyl (C=O) groups excluding carboxylic acids is 1. The molecular weight excluding hydrogens is 272 g/mol. The van der Waals surface area contributed by atoms with E-state index in [0.29, 0.717) is 17.0 Å². The summed E-state index contributed by atoms with van der Waals surface area (Å²) in [6.07, 6.45) is 3.47. The van der Waals surface area contributed by atoms with Crippen LogP contribution in [0.1, 0.15) is 41.6 Å². The Morgan fingerprint density at radius 3 is 2.62 bits per heavy atom. The van der Waals surface area contributed by atoms with Crippen molar-refractivity contribution in [3.05, 3.63) is 39.4 Å². The number of hydrogen-bond acceptors (Lipinski definition) is 4. The van der Waals surface area contributed by atoms with Gasteiger partial charge in [0.25, 0.3) is 11.6 Å². The number of aliphatic hydroxyl groups excluding tert-OH is 1. The fourth-order valence-corrected chi connectivity index (χ4v) is 2.71. The predicted octanol–water partition coefficient (Wildman–Crippen LogP) is 2.18. The van der Waals surface area contributed by atoms with Gasteiger partial charge in [-0.25, -0.2) is 0 Å². The summed E-state index contributed by atoms with van der Waals surface area (Å²) in [5.41, 5.74) is 0.822. The number of nitrogens with zero attached hydrogens (tertiary/aromatic N) is 1. The zero-order chi connectivity index (χ0) is 15.4. The standard InChI is InChI=1S/C15H20N2O4/c1-10-2-5-12(8-14(10)17(20)21)15(19)16-13-6-3-11(9-18)4-7-13/h2,5,8,11,13,18H,3-4,6-7,9H2,1H3,(H,16,19). The van der Waals surface area contributed by atoms with Crippen LogP contribution in [-0.4, -0.2) is 28.6 Å². The summed E-state index contributed by atoms with van der Waals surface area (Å²) in [5.74, 6) is 0.0594. The van der Waals surface area contributed by atoms with Crippen LogP contribution in [-0.2, 0) is 0 Å². The van der Waals surface area contributed by atoms with E-state index in [2.05, 4.69) is 5.32 Å². The summed E-state index contributed by atoms with van der Waals surface area (Å²) in [6.45, 7) is 1.85. The quantitative estimate of drug-likeness (QED) is 0.657. The van der Waals surface area contributed by atoms with Crippen molar-refractivity contribution in [3.63, 3.8) is 0 Å². The van der Waals surface area contributed by atoms with E-state index >= 15 is 0 Å². The molecule has 21 heavy (non-hydrogen) atoms. The van der Waals surface area contributed by atoms with Crippen molar-refractivity contribution in [1.82, 2.24) is 5.32 Å². The van der Waals surface area contributed by atoms with Crippen LogP contribution in [0.5, 0.6) is 0 Å². The van der Waals surface area contributed by atoms with E-state index < -0.39 is 4.92 Å². The van der Waals surface area contributed by atoms with E-state index in [4.69, 9.17) is 5.11 Å². The Morgan fingerprint density at radius 2 is 2.05 bits per heavy atom. The molecule has 0 spiro atoms. The highest BCUT2D eigenvalue weighted by molar-refractivity contribution is 5.95. The lowest BCUT2D eigenvalue weighted by atomic mass is 9.86. The molecule has 0 unspecified atom stereocenters. The molecule has 0 aliphatic heterocycles. The number of benzene rings is 1. The second-order valence-corrected chi connectivity index (χ2v) is 5.63. The molecule has 0 saturated heterocycles. The lowest BCUT2D eigenvalue weighted by Gasteiger charge is -2.27. The first-order valence-corrected chi connectivity index (χ1v) is 7.18. The van der Waals surface area contributed by atoms with Gasteiger partial charge in [0.2, 0.25) is 0 Å². The fraction of sp³-hybridized carbons (Fsp3) is 0.533. The molecule has 0 aromatic heterocycles. The van der Waals surface area contributed by atoms with Gasteiger partial charge in [-0.15, -0.1) is 0 Å². The minimum Gasteiger partial charge on any atom is -0.396 e. The summed E-state index contributed by atoms with van der Waals surface area (Å²) in [5, 5.41) is 22.9. The van der Waals surface area contributed by atoms with Crippen LogP contribution in [0.3, 0.4) is 0 Å². The van der Waals surface area contributed by atoms with E-state index in [1.54, 1.807) is 19.1 Å². The Kier molecular flexibility index (Phi) is 4.90. The molecule has 0 radical (unpaired) electrons. The van der Waals surface area contributed by atoms with Gasteiger partial charge in [-0.2, -0.15) is 0 Å². The molecular formula is C15H20N2O4. The van der Waals surface area contributed by atoms with Crippen LogP contribution in [0.25, 0.3) is 0 Å². The summed E-state index contributed by atoms with van der Waals surface area (Å²) >= 11 is 0. The Balaban J connectivity index is 2.01. The Labute approximate surface area is 123 Å². The number of nitro benzene ring substituents is 1. The van der Waals surface area contributed by atoms with Gasteiger partial charge < -0.3 is 10.4 Å². The number of amides is 1. The predicted molar refractivity (Wildman–Crippen MR) is 78.1 cm³/mol. The SMILES string of the molecule is Cc1ccc(C(=O)NC2CCC(CO)CC2)cc1[N+](=O)[O-]. The molecule has 1 saturated carbocycles. The van der Waals surface area contributed by atoms with Crippen molar-refractivity contribution in [3.8, 4) is 0 Å². The van der Waals surface area contributed by atoms with E-state index in [0.717, 1.165) is 25.7 Å². The molecule has 0 bridgehead atoms. The van der Waals surface area contributed by atoms with Crippen molar-refractivity contribution >= 4 is 11.6 Å². The van der Waals surface area contributed by atoms with Gasteiger partial charge >= 0.3 is 0 Å². The number of carbonyl (C=O) groups is 1. The van der Waals surface area contributed by atoms with E-state index in [1.807, 2.05) is 0 Å². The molecule has 2 N–H and O–H groups in total. The van der Waals surface area contributed by atoms with Gasteiger partial charge in [0.05, 0.1) is 4.92 Å². The molecule has 0 heterocycles. The van der Waals surface area contributed by atoms with Gasteiger partial charge in [0.1, 0.15) is 0 Å². The van der Waals surface area contributed by atoms with Crippen molar-refractivity contribution in [1.29, 1.82) is 0 Å². The number of aliphatic hydroxyl groups is 1. The first-order chi connectivity index (χ1) is 10.0. The zero-order valence-corrected chi connectivity index (χ0v) is 12.0. The summed E-state index contributed by atoms with van der Waals surface area (Å²) < 4.78 is 0. The van der Waals surface area contributed by atoms with E-state index in [-0.39, 0.29) is 24.2 Å². The second-order valence-electron chi connectivity index (χ2n) is 5.63. The highest BCUT2D eigenvalue weighted by Gasteiger charge is 2.23. The van der Waals surface area contributed by atoms with Crippen LogP contribution < -0.4 is 5.32 Å². The first-order valence-electron chi connectivity index (χ1n) is 7.18. The van der Waals surface area contributed by atoms with Gasteiger partial charge in [-0.3, -0.25) is 14.9 Å². The van der Waals surface area contributed by atoms with Gasteiger partial charge in [0.15, 0.2) is 0 Å². The number of aryl methyl sites for hydroxylation is 1. The van der Waals surface area contributed by atoms with E-state index in [1.165, 1.54) is 6.07 Å². The number of hydrogen-bond donors (Lipinski definition) is 2. The molecule has 1 aromatic carbocycles. The molecule has 6 heteroatoms. The molecule has 2 rings (SSSR count). The number of nitro groups is 1. The zero-order valence-electron chi connectivity index (χ0n) is 12.0. The Bertz CT molecular complexity index is 536. The third kappa shape index (κ3) is 3.78. The maximum absolute atomic E-state index is 12.2. The molecule has 6 nitrogen and oxygen atoms in total. The molecule has 1 fully saturated rings. The normalized spacial score (nSPS) is 21.8. The largest absolute Gasteiger partial charge is 0.396 e. The topological polar surface area (TPSA) is 92.5 Å². The van der Waals surface area contributed by atoms with Crippen LogP contribution >= 0.6 is 0 Å². The van der Waals surface area contributed by atoms with Crippen molar-refractivity contribution in [2.45, 2.75) is 38.6 Å². The lowest BCUT2D eigenvalue weighted by Crippen LogP contribution is -2.38. The molecule has 114 valence electrons. The average Bonchev–Trinajstić information content (AvgIpc) is 2.48. The van der Waals surface area contributed by atoms with Gasteiger partial charge in [-0.05, 0) is 44.6 Å². The maximum Gasteiger partial charge on any atom is 0.273 e. The number of rotatable bonds is 4. The van der Waals surface area contributed by atoms with Crippen molar-refractivity contribution < 1.29 is 14.8 Å². The van der Waals surface area contributed by atoms with Gasteiger partial charge in [0, 0.05) is 29.8 Å². The smallest absolute Gasteiger partial charge is 0.273 e. The van der Waals surface area contributed by atoms with Crippen LogP contribution in [0.15, 0.2) is 18.2 Å². The summed E-state index contributed by atoms with van der Waals surface area (Å²) in [7, 11) is 0. The summed E-state index contributed by atoms with van der Waals surface area (Å²) in [6, 6.07) is 4.61. The van der Waals surface area contributed by atoms with Gasteiger partial charge in [-0.1, -0.05) is 6.07 Å². The third-order valence-corrected chi connectivity index (χ3v) is 4.11. The minimum atomic E-state index is -0.474. The van der Waals surface area contributed by atoms with E-state index in [9.17, 15) is 14.9 Å². The third-order valence-electron chi connectivity index (χ3n) is 4.11. The monoisotopic (exact) mass is 292 g/mol. The fourth-order valence-electron chi connectivity index (χ4n) is 2.71. The van der Waals surface area contributed by atoms with Crippen molar-refractivity contribution in [2.75, 3.05) is 6.61 Å². The molecule has 1 aliphatic rings. The first kappa shape index (κ1) is 15.4. The Morgan fingerprint density at radius 1 is 1.38 bits per heavy atom. The van der Waals surface area contributed by atoms with Crippen LogP contribution in [0.2, 0.25) is 0 Å². The van der Waals surface area contributed by atoms with Crippen LogP contribution in [0.4, 0.5) is 5.69 Å². The highest BCUT2D eigenvalue weighted by Crippen LogP contribution is 2.24. The second kappa shape index (κ2) is 6.67. The van der Waals surface area contributed by atoms with Crippen molar-refractivity contribution in [2.24, 2.45) is 5.92 Å². The molecule has 0 atom stereocenters.